The Morgan fingerprint density at radius 1 is 1.42 bits per heavy atom. The lowest BCUT2D eigenvalue weighted by Crippen LogP contribution is -2.26. The van der Waals surface area contributed by atoms with Gasteiger partial charge in [0.2, 0.25) is 5.88 Å². The van der Waals surface area contributed by atoms with Crippen molar-refractivity contribution in [2.45, 2.75) is 19.9 Å². The minimum atomic E-state index is 0.673. The van der Waals surface area contributed by atoms with Gasteiger partial charge in [0.1, 0.15) is 0 Å². The van der Waals surface area contributed by atoms with Crippen molar-refractivity contribution in [3.8, 4) is 5.88 Å². The number of hydrogen-bond acceptors (Lipinski definition) is 4. The standard InChI is InChI=1S/C18H25BrN4O/c1-13-17(18(24-3)22(2)21-13)11-20-10-14-7-8-23(12-14)16-6-4-5-15(19)9-16/h4-6,9,14,20H,7-8,10-12H2,1-3H3. The third-order valence-electron chi connectivity index (χ3n) is 4.68. The fourth-order valence-corrected chi connectivity index (χ4v) is 3.83. The van der Waals surface area contributed by atoms with Crippen molar-refractivity contribution in [3.05, 3.63) is 40.0 Å². The fraction of sp³-hybridized carbons (Fsp3) is 0.500. The van der Waals surface area contributed by atoms with Gasteiger partial charge in [-0.2, -0.15) is 5.10 Å². The number of hydrogen-bond donors (Lipinski definition) is 1. The number of methoxy groups -OCH3 is 1. The van der Waals surface area contributed by atoms with E-state index in [0.29, 0.717) is 5.92 Å². The van der Waals surface area contributed by atoms with Crippen molar-refractivity contribution in [2.24, 2.45) is 13.0 Å². The molecule has 1 saturated heterocycles. The van der Waals surface area contributed by atoms with Crippen molar-refractivity contribution in [1.29, 1.82) is 0 Å². The second-order valence-electron chi connectivity index (χ2n) is 6.41. The topological polar surface area (TPSA) is 42.3 Å². The molecule has 0 radical (unpaired) electrons. The van der Waals surface area contributed by atoms with Gasteiger partial charge in [0.05, 0.1) is 18.4 Å². The van der Waals surface area contributed by atoms with E-state index >= 15 is 0 Å². The Morgan fingerprint density at radius 3 is 3.00 bits per heavy atom. The van der Waals surface area contributed by atoms with Gasteiger partial charge in [-0.25, -0.2) is 4.68 Å². The van der Waals surface area contributed by atoms with Gasteiger partial charge in [0, 0.05) is 43.4 Å². The molecule has 6 heteroatoms. The number of halogens is 1. The summed E-state index contributed by atoms with van der Waals surface area (Å²) in [6.07, 6.45) is 1.22. The van der Waals surface area contributed by atoms with E-state index in [1.54, 1.807) is 11.8 Å². The lowest BCUT2D eigenvalue weighted by Gasteiger charge is -2.19. The van der Waals surface area contributed by atoms with E-state index in [2.05, 4.69) is 55.5 Å². The van der Waals surface area contributed by atoms with E-state index < -0.39 is 0 Å². The van der Waals surface area contributed by atoms with E-state index in [9.17, 15) is 0 Å². The van der Waals surface area contributed by atoms with Crippen LogP contribution in [0.3, 0.4) is 0 Å². The van der Waals surface area contributed by atoms with Crippen LogP contribution in [0.1, 0.15) is 17.7 Å². The molecule has 1 N–H and O–H groups in total. The first-order valence-corrected chi connectivity index (χ1v) is 9.15. The summed E-state index contributed by atoms with van der Waals surface area (Å²) in [5.41, 5.74) is 3.49. The minimum Gasteiger partial charge on any atom is -0.481 e. The number of anilines is 1. The highest BCUT2D eigenvalue weighted by atomic mass is 79.9. The Kier molecular flexibility index (Phi) is 5.46. The molecule has 0 aliphatic carbocycles. The molecule has 1 aromatic carbocycles. The third kappa shape index (κ3) is 3.75. The molecular weight excluding hydrogens is 368 g/mol. The molecule has 0 bridgehead atoms. The monoisotopic (exact) mass is 392 g/mol. The fourth-order valence-electron chi connectivity index (χ4n) is 3.45. The molecule has 0 amide bonds. The lowest BCUT2D eigenvalue weighted by molar-refractivity contribution is 0.367. The first-order valence-electron chi connectivity index (χ1n) is 8.36. The van der Waals surface area contributed by atoms with Gasteiger partial charge in [0.25, 0.3) is 0 Å². The number of benzene rings is 1. The second kappa shape index (κ2) is 7.57. The van der Waals surface area contributed by atoms with Gasteiger partial charge in [0.15, 0.2) is 0 Å². The van der Waals surface area contributed by atoms with Crippen LogP contribution in [0.15, 0.2) is 28.7 Å². The molecule has 5 nitrogen and oxygen atoms in total. The molecule has 0 saturated carbocycles. The summed E-state index contributed by atoms with van der Waals surface area (Å²) in [4.78, 5) is 2.47. The van der Waals surface area contributed by atoms with Crippen LogP contribution in [-0.4, -0.2) is 36.5 Å². The van der Waals surface area contributed by atoms with Crippen LogP contribution in [0.25, 0.3) is 0 Å². The van der Waals surface area contributed by atoms with Gasteiger partial charge < -0.3 is 15.0 Å². The van der Waals surface area contributed by atoms with Crippen molar-refractivity contribution < 1.29 is 4.74 Å². The Bertz CT molecular complexity index is 700. The molecule has 1 atom stereocenters. The van der Waals surface area contributed by atoms with Gasteiger partial charge >= 0.3 is 0 Å². The molecular formula is C18H25BrN4O. The summed E-state index contributed by atoms with van der Waals surface area (Å²) in [6, 6.07) is 8.55. The average molecular weight is 393 g/mol. The summed E-state index contributed by atoms with van der Waals surface area (Å²) in [5.74, 6) is 1.52. The number of ether oxygens (including phenoxy) is 1. The first kappa shape index (κ1) is 17.3. The Hall–Kier alpha value is -1.53. The van der Waals surface area contributed by atoms with Crippen LogP contribution in [0, 0.1) is 12.8 Å². The Morgan fingerprint density at radius 2 is 2.25 bits per heavy atom. The molecule has 0 spiro atoms. The van der Waals surface area contributed by atoms with Crippen molar-refractivity contribution in [2.75, 3.05) is 31.6 Å². The zero-order valence-corrected chi connectivity index (χ0v) is 16.1. The number of aryl methyl sites for hydroxylation is 2. The summed E-state index contributed by atoms with van der Waals surface area (Å²) in [6.45, 7) is 6.08. The zero-order chi connectivity index (χ0) is 17.1. The van der Waals surface area contributed by atoms with Crippen molar-refractivity contribution in [1.82, 2.24) is 15.1 Å². The molecule has 1 unspecified atom stereocenters. The van der Waals surface area contributed by atoms with Crippen LogP contribution >= 0.6 is 15.9 Å². The maximum absolute atomic E-state index is 5.45. The molecule has 3 rings (SSSR count). The predicted octanol–water partition coefficient (Wildman–Crippen LogP) is 3.12. The van der Waals surface area contributed by atoms with E-state index in [0.717, 1.165) is 47.8 Å². The SMILES string of the molecule is COc1c(CNCC2CCN(c3cccc(Br)c3)C2)c(C)nn1C. The van der Waals surface area contributed by atoms with Crippen molar-refractivity contribution in [3.63, 3.8) is 0 Å². The van der Waals surface area contributed by atoms with E-state index in [1.807, 2.05) is 14.0 Å². The smallest absolute Gasteiger partial charge is 0.216 e. The largest absolute Gasteiger partial charge is 0.481 e. The predicted molar refractivity (Wildman–Crippen MR) is 101 cm³/mol. The van der Waals surface area contributed by atoms with Gasteiger partial charge in [-0.15, -0.1) is 0 Å². The summed E-state index contributed by atoms with van der Waals surface area (Å²) in [7, 11) is 3.62. The maximum Gasteiger partial charge on any atom is 0.216 e. The molecule has 1 aliphatic rings. The summed E-state index contributed by atoms with van der Waals surface area (Å²) >= 11 is 3.56. The summed E-state index contributed by atoms with van der Waals surface area (Å²) < 4.78 is 8.40. The Labute approximate surface area is 152 Å². The van der Waals surface area contributed by atoms with Gasteiger partial charge in [-0.1, -0.05) is 22.0 Å². The molecule has 1 fully saturated rings. The quantitative estimate of drug-likeness (QED) is 0.819. The van der Waals surface area contributed by atoms with Crippen LogP contribution in [0.4, 0.5) is 5.69 Å². The van der Waals surface area contributed by atoms with E-state index in [-0.39, 0.29) is 0 Å². The van der Waals surface area contributed by atoms with Crippen molar-refractivity contribution >= 4 is 21.6 Å². The lowest BCUT2D eigenvalue weighted by atomic mass is 10.1. The van der Waals surface area contributed by atoms with Crippen LogP contribution in [0.5, 0.6) is 5.88 Å². The molecule has 2 aromatic rings. The van der Waals surface area contributed by atoms with Crippen LogP contribution in [0.2, 0.25) is 0 Å². The van der Waals surface area contributed by atoms with E-state index in [4.69, 9.17) is 4.74 Å². The highest BCUT2D eigenvalue weighted by Gasteiger charge is 2.23. The summed E-state index contributed by atoms with van der Waals surface area (Å²) in [5, 5.41) is 8.02. The maximum atomic E-state index is 5.45. The third-order valence-corrected chi connectivity index (χ3v) is 5.17. The molecule has 24 heavy (non-hydrogen) atoms. The molecule has 1 aliphatic heterocycles. The Balaban J connectivity index is 1.52. The first-order chi connectivity index (χ1) is 11.6. The average Bonchev–Trinajstić information content (AvgIpc) is 3.12. The highest BCUT2D eigenvalue weighted by molar-refractivity contribution is 9.10. The highest BCUT2D eigenvalue weighted by Crippen LogP contribution is 2.26. The minimum absolute atomic E-state index is 0.673. The normalized spacial score (nSPS) is 17.5. The number of aromatic nitrogens is 2. The number of nitrogens with one attached hydrogen (secondary N) is 1. The number of rotatable bonds is 6. The molecule has 2 heterocycles. The number of nitrogens with zero attached hydrogens (tertiary/aromatic N) is 3. The van der Waals surface area contributed by atoms with Gasteiger partial charge in [-0.05, 0) is 37.5 Å². The van der Waals surface area contributed by atoms with Crippen LogP contribution < -0.4 is 15.0 Å². The van der Waals surface area contributed by atoms with Gasteiger partial charge in [-0.3, -0.25) is 0 Å². The van der Waals surface area contributed by atoms with E-state index in [1.165, 1.54) is 12.1 Å². The zero-order valence-electron chi connectivity index (χ0n) is 14.6. The second-order valence-corrected chi connectivity index (χ2v) is 7.32. The molecule has 130 valence electrons. The van der Waals surface area contributed by atoms with Crippen LogP contribution in [-0.2, 0) is 13.6 Å². The molecule has 1 aromatic heterocycles.